The Hall–Kier alpha value is 0.100. The highest BCUT2D eigenvalue weighted by Crippen LogP contribution is 2.02. The molecule has 0 unspecified atom stereocenters. The number of hydrogen-bond donors (Lipinski definition) is 1. The van der Waals surface area contributed by atoms with Crippen LogP contribution in [0, 0.1) is 5.16 Å². The van der Waals surface area contributed by atoms with Crippen LogP contribution >= 0.6 is 7.71 Å². The Morgan fingerprint density at radius 3 is 1.17 bits per heavy atom. The first-order chi connectivity index (χ1) is 2.73. The van der Waals surface area contributed by atoms with Crippen LogP contribution in [0.5, 0.6) is 0 Å². The minimum atomic E-state index is -0.370. The Morgan fingerprint density at radius 2 is 1.17 bits per heavy atom. The van der Waals surface area contributed by atoms with E-state index in [4.69, 9.17) is 5.16 Å². The van der Waals surface area contributed by atoms with Crippen molar-refractivity contribution in [2.45, 2.75) is 13.8 Å². The molecule has 0 aliphatic heterocycles. The number of hydrogen-bond acceptors (Lipinski definition) is 1. The topological polar surface area (TPSA) is 23.9 Å². The Kier molecular flexibility index (Phi) is 14.0. The molecule has 38 valence electrons. The van der Waals surface area contributed by atoms with Crippen LogP contribution in [0.4, 0.5) is 0 Å². The van der Waals surface area contributed by atoms with Crippen molar-refractivity contribution >= 4 is 7.71 Å². The van der Waals surface area contributed by atoms with Gasteiger partial charge in [-0.2, -0.15) is 0 Å². The summed E-state index contributed by atoms with van der Waals surface area (Å²) in [6.45, 7) is 7.80. The Bertz CT molecular complexity index is 30.5. The van der Waals surface area contributed by atoms with E-state index >= 15 is 0 Å². The summed E-state index contributed by atoms with van der Waals surface area (Å²) in [6, 6.07) is 0. The summed E-state index contributed by atoms with van der Waals surface area (Å²) >= 11 is 0. The van der Waals surface area contributed by atoms with E-state index in [1.165, 1.54) is 0 Å². The molecule has 0 atom stereocenters. The van der Waals surface area contributed by atoms with Gasteiger partial charge in [-0.15, -0.1) is 5.16 Å². The SMILES string of the molecule is CC.C[P+](C)=N. The molecular weight excluding hydrogens is 93.0 g/mol. The predicted molar refractivity (Wildman–Crippen MR) is 32.8 cm³/mol. The molecule has 0 saturated heterocycles. The molecule has 0 bridgehead atoms. The standard InChI is InChI=1S/C2H7NP.C2H6/c1-4(2)3;1-2/h3H,1-2H3;1-2H3/q+1;. The normalized spacial score (nSPS) is 5.33. The van der Waals surface area contributed by atoms with Crippen molar-refractivity contribution in [3.63, 3.8) is 0 Å². The molecule has 0 aromatic heterocycles. The maximum absolute atomic E-state index is 6.65. The first-order valence-corrected chi connectivity index (χ1v) is 4.35. The quantitative estimate of drug-likeness (QED) is 0.459. The van der Waals surface area contributed by atoms with Gasteiger partial charge < -0.3 is 0 Å². The molecule has 0 aliphatic rings. The second-order valence-corrected chi connectivity index (χ2v) is 2.68. The van der Waals surface area contributed by atoms with Crippen LogP contribution in [0.3, 0.4) is 0 Å². The zero-order chi connectivity index (χ0) is 5.58. The fourth-order valence-corrected chi connectivity index (χ4v) is 0. The van der Waals surface area contributed by atoms with Gasteiger partial charge in [0.15, 0.2) is 7.71 Å². The molecular formula is C4H13NP+. The van der Waals surface area contributed by atoms with Gasteiger partial charge in [-0.3, -0.25) is 0 Å². The van der Waals surface area contributed by atoms with Crippen molar-refractivity contribution in [3.05, 3.63) is 0 Å². The van der Waals surface area contributed by atoms with E-state index in [9.17, 15) is 0 Å². The number of nitrogens with one attached hydrogen (secondary N) is 1. The predicted octanol–water partition coefficient (Wildman–Crippen LogP) is 2.52. The molecule has 0 aromatic carbocycles. The Morgan fingerprint density at radius 1 is 1.17 bits per heavy atom. The fourth-order valence-electron chi connectivity index (χ4n) is 0. The minimum Gasteiger partial charge on any atom is -0.125 e. The summed E-state index contributed by atoms with van der Waals surface area (Å²) in [7, 11) is -0.370. The first-order valence-electron chi connectivity index (χ1n) is 2.12. The lowest BCUT2D eigenvalue weighted by molar-refractivity contribution is 1.50. The zero-order valence-corrected chi connectivity index (χ0v) is 5.84. The van der Waals surface area contributed by atoms with Crippen molar-refractivity contribution in [3.8, 4) is 0 Å². The van der Waals surface area contributed by atoms with E-state index in [-0.39, 0.29) is 7.71 Å². The molecule has 6 heavy (non-hydrogen) atoms. The molecule has 0 heterocycles. The summed E-state index contributed by atoms with van der Waals surface area (Å²) in [5, 5.41) is 6.65. The van der Waals surface area contributed by atoms with E-state index < -0.39 is 0 Å². The van der Waals surface area contributed by atoms with Gasteiger partial charge in [0.05, 0.1) is 0 Å². The third-order valence-corrected chi connectivity index (χ3v) is 0. The van der Waals surface area contributed by atoms with Gasteiger partial charge in [0.2, 0.25) is 0 Å². The second kappa shape index (κ2) is 8.92. The summed E-state index contributed by atoms with van der Waals surface area (Å²) < 4.78 is 0. The van der Waals surface area contributed by atoms with Crippen molar-refractivity contribution in [2.24, 2.45) is 0 Å². The largest absolute Gasteiger partial charge is 0.189 e. The monoisotopic (exact) mass is 106 g/mol. The molecule has 1 nitrogen and oxygen atoms in total. The van der Waals surface area contributed by atoms with E-state index in [0.717, 1.165) is 0 Å². The van der Waals surface area contributed by atoms with E-state index in [1.54, 1.807) is 0 Å². The summed E-state index contributed by atoms with van der Waals surface area (Å²) in [6.07, 6.45) is 0. The minimum absolute atomic E-state index is 0.370. The average molecular weight is 106 g/mol. The molecule has 0 saturated carbocycles. The lowest BCUT2D eigenvalue weighted by Gasteiger charge is -1.46. The first kappa shape index (κ1) is 9.44. The van der Waals surface area contributed by atoms with Crippen molar-refractivity contribution < 1.29 is 0 Å². The van der Waals surface area contributed by atoms with Gasteiger partial charge in [-0.25, -0.2) is 0 Å². The summed E-state index contributed by atoms with van der Waals surface area (Å²) in [5.41, 5.74) is 0. The zero-order valence-electron chi connectivity index (χ0n) is 4.95. The lowest BCUT2D eigenvalue weighted by atomic mass is 11.0. The highest BCUT2D eigenvalue weighted by molar-refractivity contribution is 7.44. The van der Waals surface area contributed by atoms with Gasteiger partial charge in [0, 0.05) is 0 Å². The third-order valence-electron chi connectivity index (χ3n) is 0. The van der Waals surface area contributed by atoms with Gasteiger partial charge in [0.25, 0.3) is 0 Å². The van der Waals surface area contributed by atoms with Crippen molar-refractivity contribution in [1.82, 2.24) is 0 Å². The fraction of sp³-hybridized carbons (Fsp3) is 1.00. The molecule has 1 N–H and O–H groups in total. The smallest absolute Gasteiger partial charge is 0.125 e. The third kappa shape index (κ3) is 3940. The Balaban J connectivity index is 0. The van der Waals surface area contributed by atoms with Gasteiger partial charge in [-0.05, 0) is 0 Å². The lowest BCUT2D eigenvalue weighted by Crippen LogP contribution is -1.31. The van der Waals surface area contributed by atoms with Crippen LogP contribution in [0.2, 0.25) is 0 Å². The van der Waals surface area contributed by atoms with Crippen molar-refractivity contribution in [1.29, 1.82) is 5.16 Å². The van der Waals surface area contributed by atoms with Gasteiger partial charge in [0.1, 0.15) is 13.3 Å². The number of rotatable bonds is 0. The van der Waals surface area contributed by atoms with Crippen LogP contribution in [-0.2, 0) is 0 Å². The Labute approximate surface area is 41.0 Å². The van der Waals surface area contributed by atoms with Crippen molar-refractivity contribution in [2.75, 3.05) is 13.3 Å². The van der Waals surface area contributed by atoms with E-state index in [2.05, 4.69) is 0 Å². The molecule has 0 fully saturated rings. The molecule has 0 rings (SSSR count). The van der Waals surface area contributed by atoms with Crippen LogP contribution in [0.15, 0.2) is 0 Å². The molecule has 0 spiro atoms. The van der Waals surface area contributed by atoms with E-state index in [0.29, 0.717) is 0 Å². The second-order valence-electron chi connectivity index (χ2n) is 0.894. The van der Waals surface area contributed by atoms with Crippen LogP contribution < -0.4 is 0 Å². The van der Waals surface area contributed by atoms with Crippen LogP contribution in [0.25, 0.3) is 0 Å². The molecule has 2 heteroatoms. The summed E-state index contributed by atoms with van der Waals surface area (Å²) in [4.78, 5) is 0. The molecule has 0 radical (unpaired) electrons. The maximum atomic E-state index is 6.65. The van der Waals surface area contributed by atoms with Crippen LogP contribution in [0.1, 0.15) is 13.8 Å². The average Bonchev–Trinajstić information content (AvgIpc) is 1.41. The van der Waals surface area contributed by atoms with E-state index in [1.807, 2.05) is 27.2 Å². The summed E-state index contributed by atoms with van der Waals surface area (Å²) in [5.74, 6) is 0. The van der Waals surface area contributed by atoms with Gasteiger partial charge in [-0.1, -0.05) is 13.8 Å². The van der Waals surface area contributed by atoms with Crippen LogP contribution in [-0.4, -0.2) is 13.3 Å². The highest BCUT2D eigenvalue weighted by Gasteiger charge is 1.71. The highest BCUT2D eigenvalue weighted by atomic mass is 31.1. The maximum Gasteiger partial charge on any atom is 0.189 e. The van der Waals surface area contributed by atoms with Gasteiger partial charge >= 0.3 is 0 Å². The molecule has 0 aliphatic carbocycles. The molecule has 0 amide bonds. The molecule has 0 aromatic rings.